The van der Waals surface area contributed by atoms with Crippen LogP contribution >= 0.6 is 11.3 Å². The van der Waals surface area contributed by atoms with Gasteiger partial charge in [-0.05, 0) is 31.9 Å². The fraction of sp³-hybridized carbons (Fsp3) is 0.471. The SMILES string of the molecule is Cc1cncc(NC(=O)NC[C@@H]2C[C@H](F)CN2Cc2csc(C)n2)c1. The molecule has 1 saturated heterocycles. The summed E-state index contributed by atoms with van der Waals surface area (Å²) in [5.74, 6) is 0. The molecule has 134 valence electrons. The molecule has 0 saturated carbocycles. The van der Waals surface area contributed by atoms with Gasteiger partial charge in [0.05, 0.1) is 22.6 Å². The van der Waals surface area contributed by atoms with Gasteiger partial charge in [-0.2, -0.15) is 0 Å². The molecule has 2 N–H and O–H groups in total. The number of hydrogen-bond acceptors (Lipinski definition) is 5. The molecule has 8 heteroatoms. The summed E-state index contributed by atoms with van der Waals surface area (Å²) in [7, 11) is 0. The van der Waals surface area contributed by atoms with Crippen LogP contribution in [0.4, 0.5) is 14.9 Å². The summed E-state index contributed by atoms with van der Waals surface area (Å²) < 4.78 is 13.9. The van der Waals surface area contributed by atoms with E-state index in [1.54, 1.807) is 23.7 Å². The number of aromatic nitrogens is 2. The highest BCUT2D eigenvalue weighted by atomic mass is 32.1. The van der Waals surface area contributed by atoms with E-state index in [-0.39, 0.29) is 12.1 Å². The number of halogens is 1. The van der Waals surface area contributed by atoms with E-state index in [9.17, 15) is 9.18 Å². The summed E-state index contributed by atoms with van der Waals surface area (Å²) in [5.41, 5.74) is 2.57. The average Bonchev–Trinajstić information content (AvgIpc) is 3.11. The normalized spacial score (nSPS) is 20.6. The number of urea groups is 1. The Labute approximate surface area is 150 Å². The topological polar surface area (TPSA) is 70.2 Å². The first-order valence-corrected chi connectivity index (χ1v) is 9.13. The van der Waals surface area contributed by atoms with Crippen molar-refractivity contribution in [3.05, 3.63) is 40.1 Å². The Bertz CT molecular complexity index is 737. The lowest BCUT2D eigenvalue weighted by Gasteiger charge is -2.23. The Hall–Kier alpha value is -2.06. The molecule has 2 atom stereocenters. The van der Waals surface area contributed by atoms with E-state index in [1.165, 1.54) is 0 Å². The van der Waals surface area contributed by atoms with Crippen LogP contribution in [-0.2, 0) is 6.54 Å². The van der Waals surface area contributed by atoms with E-state index in [1.807, 2.05) is 30.2 Å². The van der Waals surface area contributed by atoms with Gasteiger partial charge in [-0.3, -0.25) is 9.88 Å². The monoisotopic (exact) mass is 363 g/mol. The molecule has 1 fully saturated rings. The highest BCUT2D eigenvalue weighted by molar-refractivity contribution is 7.09. The lowest BCUT2D eigenvalue weighted by atomic mass is 10.2. The molecule has 1 aliphatic heterocycles. The summed E-state index contributed by atoms with van der Waals surface area (Å²) >= 11 is 1.59. The van der Waals surface area contributed by atoms with Crippen molar-refractivity contribution in [1.29, 1.82) is 0 Å². The zero-order valence-corrected chi connectivity index (χ0v) is 15.1. The number of carbonyl (C=O) groups is 1. The number of nitrogens with zero attached hydrogens (tertiary/aromatic N) is 3. The number of pyridine rings is 1. The molecule has 25 heavy (non-hydrogen) atoms. The Morgan fingerprint density at radius 3 is 3.00 bits per heavy atom. The fourth-order valence-corrected chi connectivity index (χ4v) is 3.63. The Morgan fingerprint density at radius 2 is 2.28 bits per heavy atom. The molecule has 0 bridgehead atoms. The Balaban J connectivity index is 1.52. The second-order valence-electron chi connectivity index (χ2n) is 6.36. The third-order valence-electron chi connectivity index (χ3n) is 4.14. The highest BCUT2D eigenvalue weighted by Gasteiger charge is 2.32. The van der Waals surface area contributed by atoms with Gasteiger partial charge < -0.3 is 10.6 Å². The fourth-order valence-electron chi connectivity index (χ4n) is 3.03. The number of nitrogens with one attached hydrogen (secondary N) is 2. The van der Waals surface area contributed by atoms with Gasteiger partial charge in [0.2, 0.25) is 0 Å². The van der Waals surface area contributed by atoms with Gasteiger partial charge in [-0.15, -0.1) is 11.3 Å². The second kappa shape index (κ2) is 7.88. The van der Waals surface area contributed by atoms with E-state index in [4.69, 9.17) is 0 Å². The van der Waals surface area contributed by atoms with Crippen molar-refractivity contribution in [2.24, 2.45) is 0 Å². The predicted molar refractivity (Wildman–Crippen MR) is 96.6 cm³/mol. The van der Waals surface area contributed by atoms with Crippen LogP contribution in [0.5, 0.6) is 0 Å². The largest absolute Gasteiger partial charge is 0.336 e. The number of alkyl halides is 1. The first-order valence-electron chi connectivity index (χ1n) is 8.25. The minimum atomic E-state index is -0.865. The second-order valence-corrected chi connectivity index (χ2v) is 7.42. The van der Waals surface area contributed by atoms with Gasteiger partial charge in [0.25, 0.3) is 0 Å². The van der Waals surface area contributed by atoms with Crippen LogP contribution < -0.4 is 10.6 Å². The maximum absolute atomic E-state index is 13.9. The molecule has 0 aromatic carbocycles. The third-order valence-corrected chi connectivity index (χ3v) is 4.96. The van der Waals surface area contributed by atoms with E-state index in [0.717, 1.165) is 16.3 Å². The number of thiazole rings is 1. The first-order chi connectivity index (χ1) is 12.0. The van der Waals surface area contributed by atoms with Crippen LogP contribution in [0.15, 0.2) is 23.8 Å². The Morgan fingerprint density at radius 1 is 1.44 bits per heavy atom. The number of rotatable bonds is 5. The van der Waals surface area contributed by atoms with E-state index >= 15 is 0 Å². The maximum Gasteiger partial charge on any atom is 0.319 e. The molecular weight excluding hydrogens is 341 g/mol. The van der Waals surface area contributed by atoms with Crippen molar-refractivity contribution in [1.82, 2.24) is 20.2 Å². The van der Waals surface area contributed by atoms with E-state index in [2.05, 4.69) is 20.6 Å². The summed E-state index contributed by atoms with van der Waals surface area (Å²) in [4.78, 5) is 22.6. The summed E-state index contributed by atoms with van der Waals surface area (Å²) in [6, 6.07) is 1.51. The average molecular weight is 363 g/mol. The summed E-state index contributed by atoms with van der Waals surface area (Å²) in [5, 5.41) is 8.59. The van der Waals surface area contributed by atoms with E-state index in [0.29, 0.717) is 31.7 Å². The molecule has 0 unspecified atom stereocenters. The number of aryl methyl sites for hydroxylation is 2. The smallest absolute Gasteiger partial charge is 0.319 e. The maximum atomic E-state index is 13.9. The molecule has 2 amide bonds. The van der Waals surface area contributed by atoms with Crippen molar-refractivity contribution < 1.29 is 9.18 Å². The summed E-state index contributed by atoms with van der Waals surface area (Å²) in [6.07, 6.45) is 2.88. The van der Waals surface area contributed by atoms with Gasteiger partial charge in [-0.1, -0.05) is 0 Å². The minimum Gasteiger partial charge on any atom is -0.336 e. The molecule has 6 nitrogen and oxygen atoms in total. The molecule has 2 aromatic rings. The number of hydrogen-bond donors (Lipinski definition) is 2. The highest BCUT2D eigenvalue weighted by Crippen LogP contribution is 2.23. The van der Waals surface area contributed by atoms with E-state index < -0.39 is 6.17 Å². The van der Waals surface area contributed by atoms with Crippen molar-refractivity contribution in [3.63, 3.8) is 0 Å². The number of anilines is 1. The molecule has 3 rings (SSSR count). The van der Waals surface area contributed by atoms with Crippen LogP contribution in [0.1, 0.15) is 22.7 Å². The van der Waals surface area contributed by atoms with Crippen LogP contribution in [0.2, 0.25) is 0 Å². The predicted octanol–water partition coefficient (Wildman–Crippen LogP) is 2.89. The zero-order chi connectivity index (χ0) is 17.8. The number of amides is 2. The van der Waals surface area contributed by atoms with Gasteiger partial charge in [0.1, 0.15) is 6.17 Å². The van der Waals surface area contributed by atoms with Gasteiger partial charge in [0, 0.05) is 37.3 Å². The van der Waals surface area contributed by atoms with Crippen LogP contribution in [0.25, 0.3) is 0 Å². The van der Waals surface area contributed by atoms with Gasteiger partial charge in [-0.25, -0.2) is 14.2 Å². The van der Waals surface area contributed by atoms with Crippen molar-refractivity contribution in [3.8, 4) is 0 Å². The van der Waals surface area contributed by atoms with Crippen molar-refractivity contribution in [2.45, 2.75) is 39.0 Å². The van der Waals surface area contributed by atoms with Crippen molar-refractivity contribution >= 4 is 23.1 Å². The van der Waals surface area contributed by atoms with Gasteiger partial charge >= 0.3 is 6.03 Å². The molecule has 3 heterocycles. The quantitative estimate of drug-likeness (QED) is 0.857. The Kier molecular flexibility index (Phi) is 5.60. The molecule has 1 aliphatic rings. The van der Waals surface area contributed by atoms with Crippen LogP contribution in [-0.4, -0.2) is 46.2 Å². The molecule has 0 radical (unpaired) electrons. The zero-order valence-electron chi connectivity index (χ0n) is 14.3. The molecular formula is C17H22FN5OS. The standard InChI is InChI=1S/C17H22FN5OS/c1-11-3-14(6-19-5-11)22-17(24)20-7-16-4-13(18)8-23(16)9-15-10-25-12(2)21-15/h3,5-6,10,13,16H,4,7-9H2,1-2H3,(H2,20,22,24)/t13-,16-/m0/s1. The lowest BCUT2D eigenvalue weighted by Crippen LogP contribution is -2.41. The molecule has 0 aliphatic carbocycles. The van der Waals surface area contributed by atoms with Crippen molar-refractivity contribution in [2.75, 3.05) is 18.4 Å². The third kappa shape index (κ3) is 4.96. The molecule has 2 aromatic heterocycles. The number of likely N-dealkylation sites (tertiary alicyclic amines) is 1. The number of carbonyl (C=O) groups excluding carboxylic acids is 1. The van der Waals surface area contributed by atoms with Crippen LogP contribution in [0, 0.1) is 13.8 Å². The van der Waals surface area contributed by atoms with Gasteiger partial charge in [0.15, 0.2) is 0 Å². The molecule has 0 spiro atoms. The van der Waals surface area contributed by atoms with Crippen LogP contribution in [0.3, 0.4) is 0 Å². The lowest BCUT2D eigenvalue weighted by molar-refractivity contribution is 0.222. The first kappa shape index (κ1) is 17.8. The minimum absolute atomic E-state index is 0.0293. The summed E-state index contributed by atoms with van der Waals surface area (Å²) in [6.45, 7) is 5.26.